The molecule has 3 amide bonds. The molecule has 1 aromatic heterocycles. The summed E-state index contributed by atoms with van der Waals surface area (Å²) >= 11 is 4.92. The average molecular weight is 414 g/mol. The molecule has 0 unspecified atom stereocenters. The van der Waals surface area contributed by atoms with Gasteiger partial charge in [0.05, 0.1) is 6.26 Å². The Hall–Kier alpha value is -3.46. The Morgan fingerprint density at radius 3 is 2.52 bits per heavy atom. The third kappa shape index (κ3) is 7.97. The molecule has 4 N–H and O–H groups in total. The van der Waals surface area contributed by atoms with Gasteiger partial charge in [-0.2, -0.15) is 0 Å². The van der Waals surface area contributed by atoms with E-state index in [1.807, 2.05) is 32.0 Å². The van der Waals surface area contributed by atoms with Crippen LogP contribution in [0.3, 0.4) is 0 Å². The number of rotatable bonds is 6. The molecule has 0 radical (unpaired) electrons. The number of carbonyl (C=O) groups excluding carboxylic acids is 3. The van der Waals surface area contributed by atoms with Crippen LogP contribution in [0.2, 0.25) is 0 Å². The first kappa shape index (κ1) is 21.8. The number of furan rings is 1. The molecule has 29 heavy (non-hydrogen) atoms. The molecule has 0 aliphatic carbocycles. The Labute approximate surface area is 173 Å². The van der Waals surface area contributed by atoms with Gasteiger partial charge in [0.25, 0.3) is 0 Å². The van der Waals surface area contributed by atoms with Gasteiger partial charge in [0, 0.05) is 24.6 Å². The molecule has 0 fully saturated rings. The summed E-state index contributed by atoms with van der Waals surface area (Å²) in [6, 6.07) is 9.08. The smallest absolute Gasteiger partial charge is 0.250 e. The van der Waals surface area contributed by atoms with Crippen LogP contribution in [0, 0.1) is 13.8 Å². The maximum Gasteiger partial charge on any atom is 0.250 e. The Kier molecular flexibility index (Phi) is 8.11. The molecule has 8 nitrogen and oxygen atoms in total. The highest BCUT2D eigenvalue weighted by Crippen LogP contribution is 2.16. The highest BCUT2D eigenvalue weighted by Gasteiger charge is 2.09. The number of thiocarbonyl (C=S) groups is 1. The molecule has 2 rings (SSSR count). The van der Waals surface area contributed by atoms with Gasteiger partial charge >= 0.3 is 0 Å². The topological polar surface area (TPSA) is 112 Å². The van der Waals surface area contributed by atoms with Crippen molar-refractivity contribution in [3.05, 3.63) is 59.6 Å². The van der Waals surface area contributed by atoms with E-state index < -0.39 is 11.8 Å². The number of aryl methyl sites for hydroxylation is 2. The highest BCUT2D eigenvalue weighted by molar-refractivity contribution is 7.80. The molecule has 0 spiro atoms. The zero-order chi connectivity index (χ0) is 21.2. The first-order valence-corrected chi connectivity index (χ1v) is 9.23. The van der Waals surface area contributed by atoms with Crippen LogP contribution < -0.4 is 21.5 Å². The van der Waals surface area contributed by atoms with E-state index in [2.05, 4.69) is 21.5 Å². The van der Waals surface area contributed by atoms with Crippen molar-refractivity contribution < 1.29 is 18.8 Å². The minimum atomic E-state index is -0.485. The van der Waals surface area contributed by atoms with E-state index in [0.29, 0.717) is 11.4 Å². The Bertz CT molecular complexity index is 923. The lowest BCUT2D eigenvalue weighted by atomic mass is 10.1. The summed E-state index contributed by atoms with van der Waals surface area (Å²) in [7, 11) is 0. The van der Waals surface area contributed by atoms with Crippen LogP contribution in [0.1, 0.15) is 29.7 Å². The second-order valence-electron chi connectivity index (χ2n) is 6.21. The van der Waals surface area contributed by atoms with E-state index in [0.717, 1.165) is 11.1 Å². The van der Waals surface area contributed by atoms with Gasteiger partial charge in [0.2, 0.25) is 17.7 Å². The van der Waals surface area contributed by atoms with Crippen LogP contribution in [0.25, 0.3) is 6.08 Å². The number of hydrazine groups is 1. The Morgan fingerprint density at radius 2 is 1.83 bits per heavy atom. The fourth-order valence-corrected chi connectivity index (χ4v) is 2.46. The summed E-state index contributed by atoms with van der Waals surface area (Å²) in [6.45, 7) is 3.87. The highest BCUT2D eigenvalue weighted by atomic mass is 32.1. The van der Waals surface area contributed by atoms with Gasteiger partial charge in [0.1, 0.15) is 5.76 Å². The number of carbonyl (C=O) groups is 3. The average Bonchev–Trinajstić information content (AvgIpc) is 3.19. The Balaban J connectivity index is 1.66. The predicted octanol–water partition coefficient (Wildman–Crippen LogP) is 2.35. The molecule has 0 saturated heterocycles. The van der Waals surface area contributed by atoms with Crippen LogP contribution in [0.5, 0.6) is 0 Å². The van der Waals surface area contributed by atoms with Crippen LogP contribution >= 0.6 is 12.2 Å². The SMILES string of the molecule is Cc1ccc(NC(=O)CCC(=O)NNC(=S)NC(=O)/C=C/c2ccco2)c(C)c1. The zero-order valence-corrected chi connectivity index (χ0v) is 16.9. The number of hydrogen-bond acceptors (Lipinski definition) is 5. The molecule has 9 heteroatoms. The van der Waals surface area contributed by atoms with Crippen LogP contribution in [0.4, 0.5) is 5.69 Å². The number of amides is 3. The zero-order valence-electron chi connectivity index (χ0n) is 16.1. The molecule has 0 aliphatic rings. The quantitative estimate of drug-likeness (QED) is 0.328. The minimum Gasteiger partial charge on any atom is -0.465 e. The molecule has 0 saturated carbocycles. The van der Waals surface area contributed by atoms with E-state index in [1.165, 1.54) is 18.4 Å². The normalized spacial score (nSPS) is 10.4. The van der Waals surface area contributed by atoms with Crippen LogP contribution in [-0.4, -0.2) is 22.8 Å². The van der Waals surface area contributed by atoms with Gasteiger partial charge in [0.15, 0.2) is 5.11 Å². The van der Waals surface area contributed by atoms with Crippen molar-refractivity contribution in [1.82, 2.24) is 16.2 Å². The molecule has 152 valence electrons. The predicted molar refractivity (Wildman–Crippen MR) is 114 cm³/mol. The van der Waals surface area contributed by atoms with Crippen LogP contribution in [-0.2, 0) is 14.4 Å². The third-order valence-electron chi connectivity index (χ3n) is 3.73. The molecule has 0 aliphatic heterocycles. The van der Waals surface area contributed by atoms with Crippen molar-refractivity contribution in [2.45, 2.75) is 26.7 Å². The first-order valence-electron chi connectivity index (χ1n) is 8.82. The Morgan fingerprint density at radius 1 is 1.07 bits per heavy atom. The van der Waals surface area contributed by atoms with Gasteiger partial charge < -0.3 is 9.73 Å². The van der Waals surface area contributed by atoms with Gasteiger partial charge in [-0.15, -0.1) is 0 Å². The molecule has 0 bridgehead atoms. The second kappa shape index (κ2) is 10.8. The van der Waals surface area contributed by atoms with Crippen LogP contribution in [0.15, 0.2) is 47.1 Å². The van der Waals surface area contributed by atoms with Gasteiger partial charge in [-0.1, -0.05) is 17.7 Å². The summed E-state index contributed by atoms with van der Waals surface area (Å²) in [5.41, 5.74) is 7.50. The summed E-state index contributed by atoms with van der Waals surface area (Å²) in [5.74, 6) is -0.679. The fourth-order valence-electron chi connectivity index (χ4n) is 2.31. The lowest BCUT2D eigenvalue weighted by Crippen LogP contribution is -2.48. The van der Waals surface area contributed by atoms with Crippen molar-refractivity contribution in [3.8, 4) is 0 Å². The first-order chi connectivity index (χ1) is 13.8. The van der Waals surface area contributed by atoms with Gasteiger partial charge in [-0.3, -0.25) is 30.6 Å². The maximum atomic E-state index is 12.0. The van der Waals surface area contributed by atoms with Crippen molar-refractivity contribution in [1.29, 1.82) is 0 Å². The third-order valence-corrected chi connectivity index (χ3v) is 3.93. The maximum absolute atomic E-state index is 12.0. The van der Waals surface area contributed by atoms with Crippen molar-refractivity contribution in [3.63, 3.8) is 0 Å². The number of benzene rings is 1. The van der Waals surface area contributed by atoms with E-state index in [9.17, 15) is 14.4 Å². The fraction of sp³-hybridized carbons (Fsp3) is 0.200. The van der Waals surface area contributed by atoms with Gasteiger partial charge in [-0.05, 0) is 55.9 Å². The van der Waals surface area contributed by atoms with Crippen molar-refractivity contribution >= 4 is 46.8 Å². The van der Waals surface area contributed by atoms with E-state index in [-0.39, 0.29) is 23.9 Å². The summed E-state index contributed by atoms with van der Waals surface area (Å²) in [5, 5.41) is 5.06. The second-order valence-corrected chi connectivity index (χ2v) is 6.62. The number of anilines is 1. The monoisotopic (exact) mass is 414 g/mol. The molecular weight excluding hydrogens is 392 g/mol. The lowest BCUT2D eigenvalue weighted by molar-refractivity contribution is -0.124. The molecular formula is C20H22N4O4S. The van der Waals surface area contributed by atoms with Crippen molar-refractivity contribution in [2.75, 3.05) is 5.32 Å². The van der Waals surface area contributed by atoms with Gasteiger partial charge in [-0.25, -0.2) is 0 Å². The standard InChI is InChI=1S/C20H22N4O4S/c1-13-5-7-16(14(2)12-13)21-17(25)9-10-19(27)23-24-20(29)22-18(26)8-6-15-4-3-11-28-15/h3-8,11-12H,9-10H2,1-2H3,(H,21,25)(H,23,27)(H2,22,24,26,29)/b8-6+. The summed E-state index contributed by atoms with van der Waals surface area (Å²) in [6.07, 6.45) is 4.17. The minimum absolute atomic E-state index is 0.00579. The molecule has 1 heterocycles. The molecule has 0 atom stereocenters. The largest absolute Gasteiger partial charge is 0.465 e. The summed E-state index contributed by atoms with van der Waals surface area (Å²) in [4.78, 5) is 35.5. The summed E-state index contributed by atoms with van der Waals surface area (Å²) < 4.78 is 5.06. The van der Waals surface area contributed by atoms with E-state index in [1.54, 1.807) is 12.1 Å². The lowest BCUT2D eigenvalue weighted by Gasteiger charge is -2.11. The number of hydrogen-bond donors (Lipinski definition) is 4. The van der Waals surface area contributed by atoms with E-state index >= 15 is 0 Å². The number of nitrogens with one attached hydrogen (secondary N) is 4. The van der Waals surface area contributed by atoms with Crippen molar-refractivity contribution in [2.24, 2.45) is 0 Å². The van der Waals surface area contributed by atoms with E-state index in [4.69, 9.17) is 16.6 Å². The molecule has 2 aromatic rings. The molecule has 1 aromatic carbocycles.